The van der Waals surface area contributed by atoms with Crippen molar-refractivity contribution >= 4 is 11.6 Å². The molecule has 4 nitrogen and oxygen atoms in total. The zero-order valence-electron chi connectivity index (χ0n) is 16.5. The highest BCUT2D eigenvalue weighted by molar-refractivity contribution is 6.05. The Balaban J connectivity index is 1.63. The third-order valence-electron chi connectivity index (χ3n) is 5.78. The highest BCUT2D eigenvalue weighted by Crippen LogP contribution is 2.33. The minimum absolute atomic E-state index is 0.149. The van der Waals surface area contributed by atoms with Gasteiger partial charge in [-0.25, -0.2) is 5.01 Å². The van der Waals surface area contributed by atoms with E-state index in [0.717, 1.165) is 35.8 Å². The Labute approximate surface area is 157 Å². The van der Waals surface area contributed by atoms with Crippen LogP contribution >= 0.6 is 0 Å². The number of benzene rings is 1. The summed E-state index contributed by atoms with van der Waals surface area (Å²) in [5.74, 6) is 1.79. The van der Waals surface area contributed by atoms with Crippen LogP contribution in [-0.4, -0.2) is 29.3 Å². The second-order valence-electron chi connectivity index (χ2n) is 8.34. The maximum Gasteiger partial charge on any atom is 0.243 e. The number of carbonyl (C=O) groups excluding carboxylic acids is 1. The van der Waals surface area contributed by atoms with Gasteiger partial charge in [0.15, 0.2) is 0 Å². The van der Waals surface area contributed by atoms with E-state index in [0.29, 0.717) is 6.42 Å². The highest BCUT2D eigenvalue weighted by atomic mass is 16.5. The lowest BCUT2D eigenvalue weighted by atomic mass is 9.86. The number of carbonyl (C=O) groups is 1. The standard InChI is InChI=1S/C22H32N2O2/c1-22(2)16-19(18-13-7-8-14-20(18)26-3)23-24(22)21(25)15-9-12-17-10-5-4-6-11-17/h7-8,13-14,17H,4-6,9-12,15-16H2,1-3H3. The molecule has 0 aromatic heterocycles. The zero-order chi connectivity index (χ0) is 18.6. The number of para-hydroxylation sites is 1. The predicted molar refractivity (Wildman–Crippen MR) is 105 cm³/mol. The molecule has 1 aliphatic heterocycles. The van der Waals surface area contributed by atoms with Gasteiger partial charge in [0.1, 0.15) is 5.75 Å². The van der Waals surface area contributed by atoms with Crippen LogP contribution in [0.3, 0.4) is 0 Å². The number of rotatable bonds is 6. The molecule has 1 heterocycles. The molecular formula is C22H32N2O2. The first-order valence-corrected chi connectivity index (χ1v) is 10.1. The lowest BCUT2D eigenvalue weighted by Crippen LogP contribution is -2.40. The van der Waals surface area contributed by atoms with Crippen LogP contribution in [0, 0.1) is 5.92 Å². The molecule has 26 heavy (non-hydrogen) atoms. The van der Waals surface area contributed by atoms with E-state index in [4.69, 9.17) is 9.84 Å². The van der Waals surface area contributed by atoms with Crippen LogP contribution in [0.2, 0.25) is 0 Å². The third-order valence-corrected chi connectivity index (χ3v) is 5.78. The first-order valence-electron chi connectivity index (χ1n) is 10.1. The van der Waals surface area contributed by atoms with Gasteiger partial charge in [0.05, 0.1) is 18.4 Å². The number of ether oxygens (including phenoxy) is 1. The van der Waals surface area contributed by atoms with Gasteiger partial charge in [-0.15, -0.1) is 0 Å². The maximum absolute atomic E-state index is 12.8. The van der Waals surface area contributed by atoms with E-state index in [9.17, 15) is 4.79 Å². The van der Waals surface area contributed by atoms with E-state index in [2.05, 4.69) is 13.8 Å². The second-order valence-corrected chi connectivity index (χ2v) is 8.34. The fourth-order valence-electron chi connectivity index (χ4n) is 4.33. The Morgan fingerprint density at radius 1 is 1.23 bits per heavy atom. The van der Waals surface area contributed by atoms with Gasteiger partial charge in [0.25, 0.3) is 0 Å². The fraction of sp³-hybridized carbons (Fsp3) is 0.636. The molecule has 1 saturated carbocycles. The van der Waals surface area contributed by atoms with Crippen molar-refractivity contribution in [2.45, 2.75) is 77.2 Å². The summed E-state index contributed by atoms with van der Waals surface area (Å²) in [5.41, 5.74) is 1.65. The maximum atomic E-state index is 12.8. The SMILES string of the molecule is COc1ccccc1C1=NN(C(=O)CCCC2CCCCC2)C(C)(C)C1. The molecule has 3 rings (SSSR count). The van der Waals surface area contributed by atoms with Crippen molar-refractivity contribution in [1.82, 2.24) is 5.01 Å². The number of methoxy groups -OCH3 is 1. The molecule has 0 N–H and O–H groups in total. The summed E-state index contributed by atoms with van der Waals surface area (Å²) >= 11 is 0. The second kappa shape index (κ2) is 8.24. The van der Waals surface area contributed by atoms with Crippen LogP contribution in [-0.2, 0) is 4.79 Å². The van der Waals surface area contributed by atoms with E-state index in [1.165, 1.54) is 38.5 Å². The molecule has 0 saturated heterocycles. The van der Waals surface area contributed by atoms with Gasteiger partial charge in [-0.05, 0) is 44.7 Å². The summed E-state index contributed by atoms with van der Waals surface area (Å²) in [6, 6.07) is 7.91. The number of amides is 1. The monoisotopic (exact) mass is 356 g/mol. The molecule has 0 spiro atoms. The normalized spacial score (nSPS) is 20.1. The van der Waals surface area contributed by atoms with Crippen molar-refractivity contribution in [2.24, 2.45) is 11.0 Å². The van der Waals surface area contributed by atoms with Crippen LogP contribution in [0.15, 0.2) is 29.4 Å². The lowest BCUT2D eigenvalue weighted by Gasteiger charge is -2.29. The number of nitrogens with zero attached hydrogens (tertiary/aromatic N) is 2. The molecule has 142 valence electrons. The Hall–Kier alpha value is -1.84. The largest absolute Gasteiger partial charge is 0.496 e. The zero-order valence-corrected chi connectivity index (χ0v) is 16.5. The molecule has 1 amide bonds. The Morgan fingerprint density at radius 3 is 2.69 bits per heavy atom. The van der Waals surface area contributed by atoms with Crippen LogP contribution in [0.5, 0.6) is 5.75 Å². The van der Waals surface area contributed by atoms with Crippen LogP contribution in [0.1, 0.15) is 77.2 Å². The molecule has 1 aromatic rings. The summed E-state index contributed by atoms with van der Waals surface area (Å²) in [6.45, 7) is 4.19. The van der Waals surface area contributed by atoms with Crippen molar-refractivity contribution < 1.29 is 9.53 Å². The summed E-state index contributed by atoms with van der Waals surface area (Å²) < 4.78 is 5.47. The van der Waals surface area contributed by atoms with Gasteiger partial charge < -0.3 is 4.74 Å². The van der Waals surface area contributed by atoms with Gasteiger partial charge in [-0.2, -0.15) is 5.10 Å². The van der Waals surface area contributed by atoms with E-state index >= 15 is 0 Å². The molecule has 1 aromatic carbocycles. The van der Waals surface area contributed by atoms with Crippen LogP contribution < -0.4 is 4.74 Å². The van der Waals surface area contributed by atoms with Gasteiger partial charge in [-0.1, -0.05) is 44.2 Å². The number of hydrogen-bond donors (Lipinski definition) is 0. The van der Waals surface area contributed by atoms with Crippen LogP contribution in [0.25, 0.3) is 0 Å². The summed E-state index contributed by atoms with van der Waals surface area (Å²) in [5, 5.41) is 6.42. The van der Waals surface area contributed by atoms with Gasteiger partial charge in [0.2, 0.25) is 5.91 Å². The first-order chi connectivity index (χ1) is 12.5. The number of hydrazone groups is 1. The van der Waals surface area contributed by atoms with Crippen molar-refractivity contribution in [3.05, 3.63) is 29.8 Å². The smallest absolute Gasteiger partial charge is 0.243 e. The average Bonchev–Trinajstić information content (AvgIpc) is 2.97. The van der Waals surface area contributed by atoms with Crippen molar-refractivity contribution in [2.75, 3.05) is 7.11 Å². The molecular weight excluding hydrogens is 324 g/mol. The molecule has 0 atom stereocenters. The molecule has 0 radical (unpaired) electrons. The Morgan fingerprint density at radius 2 is 1.96 bits per heavy atom. The average molecular weight is 357 g/mol. The molecule has 1 fully saturated rings. The van der Waals surface area contributed by atoms with Crippen molar-refractivity contribution in [1.29, 1.82) is 0 Å². The first kappa shape index (κ1) is 18.9. The van der Waals surface area contributed by atoms with E-state index in [1.807, 2.05) is 24.3 Å². The van der Waals surface area contributed by atoms with E-state index < -0.39 is 0 Å². The highest BCUT2D eigenvalue weighted by Gasteiger charge is 2.38. The number of hydrogen-bond acceptors (Lipinski definition) is 3. The van der Waals surface area contributed by atoms with Gasteiger partial charge in [-0.3, -0.25) is 4.79 Å². The molecule has 1 aliphatic carbocycles. The summed E-state index contributed by atoms with van der Waals surface area (Å²) in [4.78, 5) is 12.8. The van der Waals surface area contributed by atoms with E-state index in [-0.39, 0.29) is 11.4 Å². The Kier molecular flexibility index (Phi) is 6.00. The predicted octanol–water partition coefficient (Wildman–Crippen LogP) is 5.16. The van der Waals surface area contributed by atoms with Crippen molar-refractivity contribution in [3.63, 3.8) is 0 Å². The molecule has 0 unspecified atom stereocenters. The quantitative estimate of drug-likeness (QED) is 0.706. The lowest BCUT2D eigenvalue weighted by molar-refractivity contribution is -0.135. The third kappa shape index (κ3) is 4.28. The van der Waals surface area contributed by atoms with Gasteiger partial charge >= 0.3 is 0 Å². The van der Waals surface area contributed by atoms with Gasteiger partial charge in [0, 0.05) is 18.4 Å². The minimum atomic E-state index is -0.280. The fourth-order valence-corrected chi connectivity index (χ4v) is 4.33. The minimum Gasteiger partial charge on any atom is -0.496 e. The Bertz CT molecular complexity index is 660. The summed E-state index contributed by atoms with van der Waals surface area (Å²) in [7, 11) is 1.67. The molecule has 0 bridgehead atoms. The summed E-state index contributed by atoms with van der Waals surface area (Å²) in [6.07, 6.45) is 10.3. The molecule has 4 heteroatoms. The molecule has 2 aliphatic rings. The van der Waals surface area contributed by atoms with Crippen LogP contribution in [0.4, 0.5) is 0 Å². The van der Waals surface area contributed by atoms with E-state index in [1.54, 1.807) is 12.1 Å². The van der Waals surface area contributed by atoms with Crippen molar-refractivity contribution in [3.8, 4) is 5.75 Å². The topological polar surface area (TPSA) is 41.9 Å².